The van der Waals surface area contributed by atoms with E-state index in [4.69, 9.17) is 17.3 Å². The van der Waals surface area contributed by atoms with E-state index in [1.54, 1.807) is 0 Å². The molecule has 0 amide bonds. The Kier molecular flexibility index (Phi) is 2.61. The second kappa shape index (κ2) is 4.01. The molecule has 1 nitrogen and oxygen atoms in total. The number of benzene rings is 2. The molecule has 1 aliphatic carbocycles. The average Bonchev–Trinajstić information content (AvgIpc) is 2.76. The van der Waals surface area contributed by atoms with E-state index in [0.29, 0.717) is 0 Å². The van der Waals surface area contributed by atoms with Gasteiger partial charge in [0.1, 0.15) is 0 Å². The molecule has 1 aliphatic rings. The molecule has 2 aromatic rings. The van der Waals surface area contributed by atoms with Gasteiger partial charge in [0, 0.05) is 10.6 Å². The summed E-state index contributed by atoms with van der Waals surface area (Å²) >= 11 is 6.03. The fourth-order valence-corrected chi connectivity index (χ4v) is 3.14. The van der Waals surface area contributed by atoms with E-state index in [1.807, 2.05) is 12.1 Å². The van der Waals surface area contributed by atoms with Crippen LogP contribution in [0.4, 0.5) is 0 Å². The standard InChI is InChI=1S/C15H16ClN/c16-12-6-7-13-11(10-12)4-3-5-14(13)15(17)8-1-2-9-15/h3-7,10H,1-2,8-9,17H2. The first-order valence-corrected chi connectivity index (χ1v) is 6.54. The van der Waals surface area contributed by atoms with Gasteiger partial charge in [-0.2, -0.15) is 0 Å². The summed E-state index contributed by atoms with van der Waals surface area (Å²) in [6, 6.07) is 12.4. The van der Waals surface area contributed by atoms with Crippen molar-refractivity contribution in [3.63, 3.8) is 0 Å². The van der Waals surface area contributed by atoms with Gasteiger partial charge in [-0.15, -0.1) is 0 Å². The molecule has 1 saturated carbocycles. The van der Waals surface area contributed by atoms with Crippen LogP contribution in [0.2, 0.25) is 5.02 Å². The average molecular weight is 246 g/mol. The summed E-state index contributed by atoms with van der Waals surface area (Å²) in [5, 5.41) is 3.22. The molecule has 0 bridgehead atoms. The summed E-state index contributed by atoms with van der Waals surface area (Å²) in [6.07, 6.45) is 4.66. The molecule has 88 valence electrons. The second-order valence-corrected chi connectivity index (χ2v) is 5.47. The van der Waals surface area contributed by atoms with E-state index < -0.39 is 0 Å². The van der Waals surface area contributed by atoms with Gasteiger partial charge in [0.15, 0.2) is 0 Å². The lowest BCUT2D eigenvalue weighted by molar-refractivity contribution is 0.466. The van der Waals surface area contributed by atoms with Crippen LogP contribution in [0.15, 0.2) is 36.4 Å². The molecule has 0 saturated heterocycles. The van der Waals surface area contributed by atoms with E-state index in [9.17, 15) is 0 Å². The van der Waals surface area contributed by atoms with Crippen molar-refractivity contribution in [2.24, 2.45) is 5.73 Å². The van der Waals surface area contributed by atoms with Crippen LogP contribution in [-0.2, 0) is 5.54 Å². The number of halogens is 1. The minimum absolute atomic E-state index is 0.132. The monoisotopic (exact) mass is 245 g/mol. The lowest BCUT2D eigenvalue weighted by atomic mass is 9.86. The topological polar surface area (TPSA) is 26.0 Å². The van der Waals surface area contributed by atoms with E-state index >= 15 is 0 Å². The Labute approximate surface area is 107 Å². The smallest absolute Gasteiger partial charge is 0.0415 e. The van der Waals surface area contributed by atoms with Crippen LogP contribution in [-0.4, -0.2) is 0 Å². The molecule has 3 rings (SSSR count). The number of hydrogen-bond acceptors (Lipinski definition) is 1. The van der Waals surface area contributed by atoms with Crippen LogP contribution in [0.1, 0.15) is 31.2 Å². The van der Waals surface area contributed by atoms with Gasteiger partial charge in [-0.3, -0.25) is 0 Å². The highest BCUT2D eigenvalue weighted by Gasteiger charge is 2.32. The van der Waals surface area contributed by atoms with Crippen molar-refractivity contribution < 1.29 is 0 Å². The summed E-state index contributed by atoms with van der Waals surface area (Å²) in [6.45, 7) is 0. The Morgan fingerprint density at radius 1 is 1.06 bits per heavy atom. The lowest BCUT2D eigenvalue weighted by Crippen LogP contribution is -2.33. The third kappa shape index (κ3) is 1.84. The van der Waals surface area contributed by atoms with Crippen LogP contribution < -0.4 is 5.73 Å². The molecule has 2 heteroatoms. The molecule has 17 heavy (non-hydrogen) atoms. The van der Waals surface area contributed by atoms with Gasteiger partial charge in [0.05, 0.1) is 0 Å². The van der Waals surface area contributed by atoms with E-state index in [2.05, 4.69) is 24.3 Å². The fourth-order valence-electron chi connectivity index (χ4n) is 2.96. The largest absolute Gasteiger partial charge is 0.321 e. The van der Waals surface area contributed by atoms with Gasteiger partial charge >= 0.3 is 0 Å². The van der Waals surface area contributed by atoms with Crippen molar-refractivity contribution in [2.75, 3.05) is 0 Å². The Balaban J connectivity index is 2.23. The van der Waals surface area contributed by atoms with Gasteiger partial charge in [-0.1, -0.05) is 48.7 Å². The van der Waals surface area contributed by atoms with E-state index in [-0.39, 0.29) is 5.54 Å². The molecule has 0 aliphatic heterocycles. The van der Waals surface area contributed by atoms with Crippen molar-refractivity contribution in [3.8, 4) is 0 Å². The van der Waals surface area contributed by atoms with Crippen molar-refractivity contribution in [1.29, 1.82) is 0 Å². The molecule has 0 heterocycles. The molecule has 2 aromatic carbocycles. The number of nitrogens with two attached hydrogens (primary N) is 1. The van der Waals surface area contributed by atoms with E-state index in [1.165, 1.54) is 29.2 Å². The fraction of sp³-hybridized carbons (Fsp3) is 0.333. The summed E-state index contributed by atoms with van der Waals surface area (Å²) < 4.78 is 0. The highest BCUT2D eigenvalue weighted by molar-refractivity contribution is 6.31. The first-order chi connectivity index (χ1) is 8.19. The van der Waals surface area contributed by atoms with E-state index in [0.717, 1.165) is 17.9 Å². The van der Waals surface area contributed by atoms with Crippen LogP contribution in [0, 0.1) is 0 Å². The van der Waals surface area contributed by atoms with Crippen LogP contribution in [0.3, 0.4) is 0 Å². The van der Waals surface area contributed by atoms with Gasteiger partial charge < -0.3 is 5.73 Å². The molecule has 0 atom stereocenters. The Morgan fingerprint density at radius 2 is 1.82 bits per heavy atom. The number of hydrogen-bond donors (Lipinski definition) is 1. The maximum atomic E-state index is 6.55. The quantitative estimate of drug-likeness (QED) is 0.800. The summed E-state index contributed by atoms with van der Waals surface area (Å²) in [5.41, 5.74) is 7.70. The molecule has 1 fully saturated rings. The first-order valence-electron chi connectivity index (χ1n) is 6.17. The Hall–Kier alpha value is -1.05. The molecule has 2 N–H and O–H groups in total. The molecule has 0 unspecified atom stereocenters. The van der Waals surface area contributed by atoms with Gasteiger partial charge in [-0.05, 0) is 41.3 Å². The van der Waals surface area contributed by atoms with Crippen molar-refractivity contribution in [3.05, 3.63) is 47.0 Å². The van der Waals surface area contributed by atoms with Gasteiger partial charge in [-0.25, -0.2) is 0 Å². The summed E-state index contributed by atoms with van der Waals surface area (Å²) in [7, 11) is 0. The predicted octanol–water partition coefficient (Wildman–Crippen LogP) is 4.22. The Bertz CT molecular complexity index is 556. The van der Waals surface area contributed by atoms with Crippen LogP contribution >= 0.6 is 11.6 Å². The van der Waals surface area contributed by atoms with Crippen LogP contribution in [0.5, 0.6) is 0 Å². The first kappa shape index (κ1) is 11.1. The third-order valence-electron chi connectivity index (χ3n) is 3.87. The van der Waals surface area contributed by atoms with Crippen LogP contribution in [0.25, 0.3) is 10.8 Å². The maximum absolute atomic E-state index is 6.55. The SMILES string of the molecule is NC1(c2cccc3cc(Cl)ccc23)CCCC1. The number of rotatable bonds is 1. The molecular weight excluding hydrogens is 230 g/mol. The highest BCUT2D eigenvalue weighted by atomic mass is 35.5. The maximum Gasteiger partial charge on any atom is 0.0415 e. The van der Waals surface area contributed by atoms with Crippen molar-refractivity contribution in [2.45, 2.75) is 31.2 Å². The normalized spacial score (nSPS) is 18.7. The Morgan fingerprint density at radius 3 is 2.59 bits per heavy atom. The second-order valence-electron chi connectivity index (χ2n) is 5.03. The summed E-state index contributed by atoms with van der Waals surface area (Å²) in [5.74, 6) is 0. The predicted molar refractivity (Wildman–Crippen MR) is 73.3 cm³/mol. The lowest BCUT2D eigenvalue weighted by Gasteiger charge is -2.26. The van der Waals surface area contributed by atoms with Crippen molar-refractivity contribution in [1.82, 2.24) is 0 Å². The molecule has 0 radical (unpaired) electrons. The zero-order chi connectivity index (χ0) is 11.9. The molecule has 0 aromatic heterocycles. The molecule has 0 spiro atoms. The minimum atomic E-state index is -0.132. The molecular formula is C15H16ClN. The highest BCUT2D eigenvalue weighted by Crippen LogP contribution is 2.39. The van der Waals surface area contributed by atoms with Crippen molar-refractivity contribution >= 4 is 22.4 Å². The zero-order valence-electron chi connectivity index (χ0n) is 9.75. The third-order valence-corrected chi connectivity index (χ3v) is 4.11. The van der Waals surface area contributed by atoms with Gasteiger partial charge in [0.2, 0.25) is 0 Å². The summed E-state index contributed by atoms with van der Waals surface area (Å²) in [4.78, 5) is 0. The number of fused-ring (bicyclic) bond motifs is 1. The zero-order valence-corrected chi connectivity index (χ0v) is 10.5. The minimum Gasteiger partial charge on any atom is -0.321 e. The van der Waals surface area contributed by atoms with Gasteiger partial charge in [0.25, 0.3) is 0 Å².